The van der Waals surface area contributed by atoms with Gasteiger partial charge in [0.15, 0.2) is 0 Å². The smallest absolute Gasteiger partial charge is 0.110 e. The third-order valence-electron chi connectivity index (χ3n) is 4.50. The van der Waals surface area contributed by atoms with Crippen LogP contribution >= 0.6 is 0 Å². The first-order chi connectivity index (χ1) is 12.9. The Morgan fingerprint density at radius 1 is 0.885 bits per heavy atom. The molecule has 0 unspecified atom stereocenters. The van der Waals surface area contributed by atoms with E-state index < -0.39 is 0 Å². The largest absolute Gasteiger partial charge is 0.323 e. The lowest BCUT2D eigenvalue weighted by Gasteiger charge is -2.10. The minimum Gasteiger partial charge on any atom is -0.323 e. The third kappa shape index (κ3) is 3.62. The van der Waals surface area contributed by atoms with Crippen LogP contribution in [-0.2, 0) is 13.0 Å². The van der Waals surface area contributed by atoms with Crippen LogP contribution in [0.25, 0.3) is 21.9 Å². The average Bonchev–Trinajstić information content (AvgIpc) is 3.06. The molecule has 0 N–H and O–H groups in total. The molecule has 0 spiro atoms. The molecule has 2 aromatic carbocycles. The van der Waals surface area contributed by atoms with Crippen molar-refractivity contribution in [3.8, 4) is 0 Å². The van der Waals surface area contributed by atoms with Crippen molar-refractivity contribution in [1.29, 1.82) is 0 Å². The van der Waals surface area contributed by atoms with E-state index in [0.29, 0.717) is 0 Å². The number of benzene rings is 2. The van der Waals surface area contributed by atoms with Crippen LogP contribution in [0.2, 0.25) is 0 Å². The number of para-hydroxylation sites is 1. The Kier molecular flexibility index (Phi) is 6.00. The molecule has 0 bridgehead atoms. The summed E-state index contributed by atoms with van der Waals surface area (Å²) in [4.78, 5) is 9.47. The quantitative estimate of drug-likeness (QED) is 0.444. The summed E-state index contributed by atoms with van der Waals surface area (Å²) < 4.78 is 2.38. The molecule has 0 saturated heterocycles. The first kappa shape index (κ1) is 18.1. The van der Waals surface area contributed by atoms with Crippen LogP contribution in [0, 0.1) is 0 Å². The topological polar surface area (TPSA) is 30.7 Å². The van der Waals surface area contributed by atoms with E-state index in [1.54, 1.807) is 0 Å². The molecule has 3 heteroatoms. The van der Waals surface area contributed by atoms with Crippen LogP contribution in [0.15, 0.2) is 60.8 Å². The van der Waals surface area contributed by atoms with Gasteiger partial charge < -0.3 is 4.57 Å². The Balaban J connectivity index is 0.000000948. The summed E-state index contributed by atoms with van der Waals surface area (Å²) >= 11 is 0. The Morgan fingerprint density at radius 2 is 1.62 bits per heavy atom. The van der Waals surface area contributed by atoms with E-state index >= 15 is 0 Å². The van der Waals surface area contributed by atoms with Gasteiger partial charge in [0.25, 0.3) is 0 Å². The number of aryl methyl sites for hydroxylation is 1. The Bertz CT molecular complexity index is 971. The molecule has 0 aliphatic heterocycles. The molecule has 2 aromatic heterocycles. The lowest BCUT2D eigenvalue weighted by molar-refractivity contribution is 0.690. The summed E-state index contributed by atoms with van der Waals surface area (Å²) in [5.74, 6) is 1.16. The van der Waals surface area contributed by atoms with Crippen LogP contribution in [0.4, 0.5) is 0 Å². The Hall–Kier alpha value is -2.68. The monoisotopic (exact) mass is 345 g/mol. The van der Waals surface area contributed by atoms with Gasteiger partial charge in [-0.3, -0.25) is 4.98 Å². The van der Waals surface area contributed by atoms with Gasteiger partial charge in [-0.15, -0.1) is 0 Å². The summed E-state index contributed by atoms with van der Waals surface area (Å²) in [6, 6.07) is 19.0. The third-order valence-corrected chi connectivity index (χ3v) is 4.50. The van der Waals surface area contributed by atoms with Crippen molar-refractivity contribution in [2.45, 2.75) is 46.6 Å². The highest BCUT2D eigenvalue weighted by molar-refractivity contribution is 6.02. The number of hydrogen-bond donors (Lipinski definition) is 0. The van der Waals surface area contributed by atoms with E-state index in [9.17, 15) is 0 Å². The molecule has 3 nitrogen and oxygen atoms in total. The van der Waals surface area contributed by atoms with Gasteiger partial charge in [0.2, 0.25) is 0 Å². The highest BCUT2D eigenvalue weighted by Crippen LogP contribution is 2.26. The molecule has 0 aliphatic rings. The lowest BCUT2D eigenvalue weighted by Crippen LogP contribution is -2.05. The summed E-state index contributed by atoms with van der Waals surface area (Å²) in [6.07, 6.45) is 5.25. The van der Waals surface area contributed by atoms with Crippen molar-refractivity contribution in [3.05, 3.63) is 72.2 Å². The van der Waals surface area contributed by atoms with Gasteiger partial charge in [-0.05, 0) is 18.1 Å². The maximum absolute atomic E-state index is 4.90. The van der Waals surface area contributed by atoms with Gasteiger partial charge in [-0.25, -0.2) is 4.98 Å². The minimum absolute atomic E-state index is 0.852. The molecule has 0 amide bonds. The summed E-state index contributed by atoms with van der Waals surface area (Å²) in [7, 11) is 0. The molecule has 0 atom stereocenters. The van der Waals surface area contributed by atoms with Gasteiger partial charge in [0, 0.05) is 18.4 Å². The maximum atomic E-state index is 4.90. The average molecular weight is 345 g/mol. The van der Waals surface area contributed by atoms with E-state index in [-0.39, 0.29) is 0 Å². The van der Waals surface area contributed by atoms with Gasteiger partial charge in [0.1, 0.15) is 11.3 Å². The van der Waals surface area contributed by atoms with Crippen molar-refractivity contribution < 1.29 is 0 Å². The van der Waals surface area contributed by atoms with E-state index in [1.165, 1.54) is 22.9 Å². The fourth-order valence-corrected chi connectivity index (χ4v) is 3.27. The molecule has 134 valence electrons. The molecular formula is C23H27N3. The maximum Gasteiger partial charge on any atom is 0.110 e. The van der Waals surface area contributed by atoms with Gasteiger partial charge >= 0.3 is 0 Å². The highest BCUT2D eigenvalue weighted by atomic mass is 15.1. The molecule has 4 rings (SSSR count). The zero-order valence-corrected chi connectivity index (χ0v) is 15.9. The van der Waals surface area contributed by atoms with Crippen LogP contribution in [0.1, 0.15) is 45.0 Å². The van der Waals surface area contributed by atoms with Gasteiger partial charge in [0.05, 0.1) is 17.2 Å². The molecule has 0 aliphatic carbocycles. The number of imidazole rings is 1. The van der Waals surface area contributed by atoms with Crippen LogP contribution in [0.5, 0.6) is 0 Å². The van der Waals surface area contributed by atoms with Crippen molar-refractivity contribution >= 4 is 21.9 Å². The van der Waals surface area contributed by atoms with Crippen molar-refractivity contribution in [2.75, 3.05) is 0 Å². The predicted molar refractivity (Wildman–Crippen MR) is 111 cm³/mol. The molecule has 2 heterocycles. The van der Waals surface area contributed by atoms with Crippen LogP contribution < -0.4 is 0 Å². The van der Waals surface area contributed by atoms with Gasteiger partial charge in [-0.2, -0.15) is 0 Å². The zero-order valence-electron chi connectivity index (χ0n) is 15.9. The number of aromatic nitrogens is 3. The fourth-order valence-electron chi connectivity index (χ4n) is 3.27. The van der Waals surface area contributed by atoms with Crippen molar-refractivity contribution in [1.82, 2.24) is 14.5 Å². The van der Waals surface area contributed by atoms with E-state index in [4.69, 9.17) is 4.98 Å². The molecule has 0 fully saturated rings. The first-order valence-corrected chi connectivity index (χ1v) is 9.63. The van der Waals surface area contributed by atoms with E-state index in [0.717, 1.165) is 36.2 Å². The fraction of sp³-hybridized carbons (Fsp3) is 0.304. The first-order valence-electron chi connectivity index (χ1n) is 9.63. The zero-order chi connectivity index (χ0) is 18.4. The number of fused-ring (bicyclic) bond motifs is 3. The minimum atomic E-state index is 0.852. The molecular weight excluding hydrogens is 318 g/mol. The lowest BCUT2D eigenvalue weighted by atomic mass is 10.1. The van der Waals surface area contributed by atoms with Crippen LogP contribution in [-0.4, -0.2) is 14.5 Å². The number of pyridine rings is 1. The van der Waals surface area contributed by atoms with Crippen LogP contribution in [0.3, 0.4) is 0 Å². The number of rotatable bonds is 5. The predicted octanol–water partition coefficient (Wildman–Crippen LogP) is 6.00. The second-order valence-electron chi connectivity index (χ2n) is 6.21. The molecule has 0 radical (unpaired) electrons. The number of unbranched alkanes of at least 4 members (excludes halogenated alkanes) is 1. The summed E-state index contributed by atoms with van der Waals surface area (Å²) in [5, 5.41) is 1.18. The van der Waals surface area contributed by atoms with Crippen molar-refractivity contribution in [2.24, 2.45) is 0 Å². The summed E-state index contributed by atoms with van der Waals surface area (Å²) in [5.41, 5.74) is 4.53. The van der Waals surface area contributed by atoms with E-state index in [2.05, 4.69) is 65.0 Å². The molecule has 0 saturated carbocycles. The second-order valence-corrected chi connectivity index (χ2v) is 6.21. The summed E-state index contributed by atoms with van der Waals surface area (Å²) in [6.45, 7) is 7.07. The molecule has 4 aromatic rings. The second kappa shape index (κ2) is 8.61. The number of hydrogen-bond acceptors (Lipinski definition) is 2. The highest BCUT2D eigenvalue weighted by Gasteiger charge is 2.14. The van der Waals surface area contributed by atoms with E-state index in [1.807, 2.05) is 26.1 Å². The van der Waals surface area contributed by atoms with Gasteiger partial charge in [-0.1, -0.05) is 75.7 Å². The normalized spacial score (nSPS) is 10.7. The Morgan fingerprint density at radius 3 is 2.38 bits per heavy atom. The Labute approximate surface area is 155 Å². The molecule has 26 heavy (non-hydrogen) atoms. The number of nitrogens with zero attached hydrogens (tertiary/aromatic N) is 3. The SMILES string of the molecule is CC.CCCCc1nc2cnc3ccccc3c2n1Cc1ccccc1. The standard InChI is InChI=1S/C21H21N3.C2H6/c1-2-3-13-20-23-19-14-22-18-12-8-7-11-17(18)21(19)24(20)15-16-9-5-4-6-10-16;1-2/h4-12,14H,2-3,13,15H2,1H3;1-2H3. The van der Waals surface area contributed by atoms with Crippen molar-refractivity contribution in [3.63, 3.8) is 0 Å².